The number of benzene rings is 1. The van der Waals surface area contributed by atoms with Crippen molar-refractivity contribution in [1.82, 2.24) is 0 Å². The first-order valence-electron chi connectivity index (χ1n) is 8.33. The van der Waals surface area contributed by atoms with Crippen LogP contribution in [0.4, 0.5) is 10.1 Å². The van der Waals surface area contributed by atoms with Gasteiger partial charge in [0.2, 0.25) is 0 Å². The third kappa shape index (κ3) is 2.66. The minimum Gasteiger partial charge on any atom is -0.392 e. The molecule has 5 heteroatoms. The van der Waals surface area contributed by atoms with Gasteiger partial charge in [-0.05, 0) is 38.8 Å². The molecule has 0 amide bonds. The first-order valence-corrected chi connectivity index (χ1v) is 8.33. The summed E-state index contributed by atoms with van der Waals surface area (Å²) < 4.78 is 19.8. The summed E-state index contributed by atoms with van der Waals surface area (Å²) in [5.74, 6) is -0.722. The number of ketones is 1. The molecular formula is C18H24FNO3. The van der Waals surface area contributed by atoms with Gasteiger partial charge < -0.3 is 14.7 Å². The van der Waals surface area contributed by atoms with Gasteiger partial charge in [-0.1, -0.05) is 6.07 Å². The normalized spacial score (nSPS) is 26.2. The summed E-state index contributed by atoms with van der Waals surface area (Å²) in [6.45, 7) is 5.42. The number of carbonyl (C=O) groups excluding carboxylic acids is 1. The Morgan fingerprint density at radius 2 is 2.13 bits per heavy atom. The van der Waals surface area contributed by atoms with Crippen molar-refractivity contribution in [2.45, 2.75) is 45.3 Å². The summed E-state index contributed by atoms with van der Waals surface area (Å²) in [7, 11) is 0. The lowest BCUT2D eigenvalue weighted by molar-refractivity contribution is -0.199. The highest BCUT2D eigenvalue weighted by Gasteiger charge is 2.56. The van der Waals surface area contributed by atoms with Crippen molar-refractivity contribution in [3.8, 4) is 0 Å². The number of carbonyl (C=O) groups is 1. The van der Waals surface area contributed by atoms with E-state index < -0.39 is 5.82 Å². The average Bonchev–Trinajstić information content (AvgIpc) is 2.54. The van der Waals surface area contributed by atoms with Crippen LogP contribution in [0.25, 0.3) is 0 Å². The van der Waals surface area contributed by atoms with Crippen LogP contribution in [-0.2, 0) is 4.74 Å². The summed E-state index contributed by atoms with van der Waals surface area (Å²) in [6.07, 6.45) is 2.09. The standard InChI is InChI=1S/C18H24FNO3/c1-3-23-16-11-15(22)18(16)7-9-20(10-8-18)14-6-4-5-13(19)17(14)12(2)21/h4-6,15-16,22H,3,7-11H2,1-2H3. The molecule has 2 fully saturated rings. The van der Waals surface area contributed by atoms with Crippen LogP contribution in [-0.4, -0.2) is 42.8 Å². The minimum absolute atomic E-state index is 0.115. The molecule has 1 aliphatic carbocycles. The van der Waals surface area contributed by atoms with E-state index in [0.717, 1.165) is 12.8 Å². The van der Waals surface area contributed by atoms with Gasteiger partial charge in [-0.15, -0.1) is 0 Å². The van der Waals surface area contributed by atoms with Crippen LogP contribution in [0.2, 0.25) is 0 Å². The summed E-state index contributed by atoms with van der Waals surface area (Å²) in [6, 6.07) is 4.77. The number of aliphatic hydroxyl groups excluding tert-OH is 1. The Bertz CT molecular complexity index is 594. The van der Waals surface area contributed by atoms with E-state index in [-0.39, 0.29) is 29.0 Å². The number of ether oxygens (including phenoxy) is 1. The van der Waals surface area contributed by atoms with Crippen molar-refractivity contribution in [3.05, 3.63) is 29.6 Å². The number of piperidine rings is 1. The SMILES string of the molecule is CCOC1CC(O)C12CCN(c1cccc(F)c1C(C)=O)CC2. The largest absolute Gasteiger partial charge is 0.392 e. The predicted molar refractivity (Wildman–Crippen MR) is 86.3 cm³/mol. The Morgan fingerprint density at radius 1 is 1.43 bits per heavy atom. The molecule has 1 saturated heterocycles. The summed E-state index contributed by atoms with van der Waals surface area (Å²) in [5, 5.41) is 10.3. The maximum Gasteiger partial charge on any atom is 0.164 e. The van der Waals surface area contributed by atoms with Crippen LogP contribution in [0.3, 0.4) is 0 Å². The smallest absolute Gasteiger partial charge is 0.164 e. The number of hydrogen-bond donors (Lipinski definition) is 1. The molecule has 0 aromatic heterocycles. The monoisotopic (exact) mass is 321 g/mol. The zero-order chi connectivity index (χ0) is 16.6. The van der Waals surface area contributed by atoms with E-state index in [1.165, 1.54) is 13.0 Å². The fourth-order valence-corrected chi connectivity index (χ4v) is 4.11. The second kappa shape index (κ2) is 6.21. The fraction of sp³-hybridized carbons (Fsp3) is 0.611. The molecule has 23 heavy (non-hydrogen) atoms. The van der Waals surface area contributed by atoms with E-state index in [0.29, 0.717) is 31.8 Å². The topological polar surface area (TPSA) is 49.8 Å². The van der Waals surface area contributed by atoms with Crippen molar-refractivity contribution >= 4 is 11.5 Å². The van der Waals surface area contributed by atoms with Crippen molar-refractivity contribution in [2.24, 2.45) is 5.41 Å². The molecule has 4 nitrogen and oxygen atoms in total. The molecule has 0 radical (unpaired) electrons. The van der Waals surface area contributed by atoms with Gasteiger partial charge in [-0.3, -0.25) is 4.79 Å². The number of hydrogen-bond acceptors (Lipinski definition) is 4. The maximum atomic E-state index is 14.0. The highest BCUT2D eigenvalue weighted by molar-refractivity contribution is 6.00. The van der Waals surface area contributed by atoms with Crippen LogP contribution in [0.1, 0.15) is 43.5 Å². The maximum absolute atomic E-state index is 14.0. The Morgan fingerprint density at radius 3 is 2.70 bits per heavy atom. The van der Waals surface area contributed by atoms with Gasteiger partial charge in [-0.25, -0.2) is 4.39 Å². The third-order valence-corrected chi connectivity index (χ3v) is 5.49. The quantitative estimate of drug-likeness (QED) is 0.867. The van der Waals surface area contributed by atoms with Gasteiger partial charge in [0, 0.05) is 31.5 Å². The minimum atomic E-state index is -0.467. The van der Waals surface area contributed by atoms with Crippen LogP contribution in [0.5, 0.6) is 0 Å². The molecule has 1 N–H and O–H groups in total. The molecule has 1 saturated carbocycles. The van der Waals surface area contributed by atoms with E-state index in [4.69, 9.17) is 4.74 Å². The molecule has 2 aliphatic rings. The second-order valence-electron chi connectivity index (χ2n) is 6.61. The van der Waals surface area contributed by atoms with E-state index in [9.17, 15) is 14.3 Å². The molecule has 0 bridgehead atoms. The van der Waals surface area contributed by atoms with Gasteiger partial charge >= 0.3 is 0 Å². The first kappa shape index (κ1) is 16.4. The number of rotatable bonds is 4. The Labute approximate surface area is 136 Å². The fourth-order valence-electron chi connectivity index (χ4n) is 4.11. The second-order valence-corrected chi connectivity index (χ2v) is 6.61. The lowest BCUT2D eigenvalue weighted by atomic mass is 9.58. The van der Waals surface area contributed by atoms with Crippen LogP contribution >= 0.6 is 0 Å². The van der Waals surface area contributed by atoms with Gasteiger partial charge in [0.25, 0.3) is 0 Å². The van der Waals surface area contributed by atoms with Gasteiger partial charge in [-0.2, -0.15) is 0 Å². The van der Waals surface area contributed by atoms with Gasteiger partial charge in [0.1, 0.15) is 5.82 Å². The highest BCUT2D eigenvalue weighted by atomic mass is 19.1. The number of Topliss-reactive ketones (excluding diaryl/α,β-unsaturated/α-hetero) is 1. The molecule has 1 aliphatic heterocycles. The van der Waals surface area contributed by atoms with Gasteiger partial charge in [0.05, 0.1) is 23.5 Å². The summed E-state index contributed by atoms with van der Waals surface area (Å²) >= 11 is 0. The lowest BCUT2D eigenvalue weighted by Gasteiger charge is -2.57. The van der Waals surface area contributed by atoms with E-state index in [1.807, 2.05) is 6.92 Å². The van der Waals surface area contributed by atoms with E-state index in [1.54, 1.807) is 12.1 Å². The number of nitrogens with zero attached hydrogens (tertiary/aromatic N) is 1. The molecule has 2 unspecified atom stereocenters. The zero-order valence-electron chi connectivity index (χ0n) is 13.7. The van der Waals surface area contributed by atoms with Crippen LogP contribution in [0.15, 0.2) is 18.2 Å². The zero-order valence-corrected chi connectivity index (χ0v) is 13.7. The van der Waals surface area contributed by atoms with Crippen molar-refractivity contribution in [1.29, 1.82) is 0 Å². The Hall–Kier alpha value is -1.46. The van der Waals surface area contributed by atoms with Crippen molar-refractivity contribution in [3.63, 3.8) is 0 Å². The number of aliphatic hydroxyl groups is 1. The first-order chi connectivity index (χ1) is 11.0. The number of halogens is 1. The van der Waals surface area contributed by atoms with Crippen molar-refractivity contribution in [2.75, 3.05) is 24.6 Å². The van der Waals surface area contributed by atoms with E-state index in [2.05, 4.69) is 4.90 Å². The molecule has 1 heterocycles. The molecule has 126 valence electrons. The molecule has 2 atom stereocenters. The third-order valence-electron chi connectivity index (χ3n) is 5.49. The highest BCUT2D eigenvalue weighted by Crippen LogP contribution is 2.51. The molecular weight excluding hydrogens is 297 g/mol. The van der Waals surface area contributed by atoms with Crippen LogP contribution in [0, 0.1) is 11.2 Å². The molecule has 1 aromatic carbocycles. The lowest BCUT2D eigenvalue weighted by Crippen LogP contribution is -2.62. The predicted octanol–water partition coefficient (Wildman–Crippen LogP) is 2.78. The average molecular weight is 321 g/mol. The Kier molecular flexibility index (Phi) is 4.43. The molecule has 3 rings (SSSR count). The number of anilines is 1. The van der Waals surface area contributed by atoms with Crippen LogP contribution < -0.4 is 4.90 Å². The molecule has 1 aromatic rings. The summed E-state index contributed by atoms with van der Waals surface area (Å²) in [4.78, 5) is 13.8. The Balaban J connectivity index is 1.78. The molecule has 1 spiro atoms. The van der Waals surface area contributed by atoms with Crippen molar-refractivity contribution < 1.29 is 19.0 Å². The van der Waals surface area contributed by atoms with Gasteiger partial charge in [0.15, 0.2) is 5.78 Å². The summed E-state index contributed by atoms with van der Waals surface area (Å²) in [5.41, 5.74) is 0.657. The van der Waals surface area contributed by atoms with E-state index >= 15 is 0 Å².